The number of benzene rings is 1. The highest BCUT2D eigenvalue weighted by Gasteiger charge is 2.33. The van der Waals surface area contributed by atoms with E-state index < -0.39 is 14.9 Å². The molecule has 0 bridgehead atoms. The van der Waals surface area contributed by atoms with Gasteiger partial charge in [-0.2, -0.15) is 4.31 Å². The first-order valence-corrected chi connectivity index (χ1v) is 13.2. The summed E-state index contributed by atoms with van der Waals surface area (Å²) >= 11 is 0. The Kier molecular flexibility index (Phi) is 6.92. The fourth-order valence-corrected chi connectivity index (χ4v) is 6.01. The summed E-state index contributed by atoms with van der Waals surface area (Å²) in [5, 5.41) is 14.9. The van der Waals surface area contributed by atoms with Crippen LogP contribution in [0.1, 0.15) is 39.5 Å². The van der Waals surface area contributed by atoms with Crippen molar-refractivity contribution in [3.05, 3.63) is 28.3 Å². The molecule has 1 aromatic carbocycles. The van der Waals surface area contributed by atoms with E-state index in [0.29, 0.717) is 56.9 Å². The summed E-state index contributed by atoms with van der Waals surface area (Å²) < 4.78 is 27.6. The maximum Gasteiger partial charge on any atom is 0.293 e. The van der Waals surface area contributed by atoms with Crippen LogP contribution >= 0.6 is 0 Å². The second kappa shape index (κ2) is 9.55. The van der Waals surface area contributed by atoms with Gasteiger partial charge in [-0.1, -0.05) is 6.92 Å². The van der Waals surface area contributed by atoms with Crippen molar-refractivity contribution in [2.75, 3.05) is 44.2 Å². The van der Waals surface area contributed by atoms with E-state index in [9.17, 15) is 23.3 Å². The minimum atomic E-state index is -3.77. The molecule has 1 amide bonds. The number of amides is 1. The molecule has 11 heteroatoms. The average Bonchev–Trinajstić information content (AvgIpc) is 3.62. The minimum absolute atomic E-state index is 0.0265. The third-order valence-electron chi connectivity index (χ3n) is 7.03. The lowest BCUT2D eigenvalue weighted by molar-refractivity contribution is -0.384. The Labute approximate surface area is 195 Å². The molecule has 1 atom stereocenters. The maximum absolute atomic E-state index is 13.1. The topological polar surface area (TPSA) is 116 Å². The summed E-state index contributed by atoms with van der Waals surface area (Å²) in [6.45, 7) is 7.11. The molecule has 0 aromatic heterocycles. The Morgan fingerprint density at radius 3 is 2.30 bits per heavy atom. The Morgan fingerprint density at radius 2 is 1.73 bits per heavy atom. The fraction of sp³-hybridized carbons (Fsp3) is 0.682. The van der Waals surface area contributed by atoms with E-state index in [-0.39, 0.29) is 22.5 Å². The van der Waals surface area contributed by atoms with Crippen LogP contribution < -0.4 is 10.2 Å². The third kappa shape index (κ3) is 5.30. The summed E-state index contributed by atoms with van der Waals surface area (Å²) in [4.78, 5) is 27.6. The average molecular weight is 480 g/mol. The van der Waals surface area contributed by atoms with Crippen molar-refractivity contribution in [3.63, 3.8) is 0 Å². The highest BCUT2D eigenvalue weighted by molar-refractivity contribution is 7.89. The Morgan fingerprint density at radius 1 is 1.09 bits per heavy atom. The van der Waals surface area contributed by atoms with Crippen molar-refractivity contribution in [1.82, 2.24) is 14.5 Å². The van der Waals surface area contributed by atoms with Crippen LogP contribution in [0.5, 0.6) is 0 Å². The first-order valence-electron chi connectivity index (χ1n) is 11.7. The number of sulfonamides is 1. The Bertz CT molecular complexity index is 996. The number of hydrogen-bond donors (Lipinski definition) is 1. The predicted octanol–water partition coefficient (Wildman–Crippen LogP) is 1.80. The molecule has 0 spiro atoms. The van der Waals surface area contributed by atoms with Gasteiger partial charge in [0.05, 0.1) is 15.9 Å². The second-order valence-electron chi connectivity index (χ2n) is 9.48. The Balaban J connectivity index is 1.46. The molecule has 10 nitrogen and oxygen atoms in total. The SMILES string of the molecule is CC1CCN(S(=O)(=O)c2ccc(N3CCN([C@H](C)C(=O)NC4CC4)CC3)c([N+](=O)[O-])c2)CC1. The molecule has 33 heavy (non-hydrogen) atoms. The number of piperidine rings is 1. The molecule has 3 aliphatic rings. The van der Waals surface area contributed by atoms with Crippen molar-refractivity contribution < 1.29 is 18.1 Å². The van der Waals surface area contributed by atoms with Crippen molar-refractivity contribution >= 4 is 27.3 Å². The van der Waals surface area contributed by atoms with Crippen LogP contribution in [-0.4, -0.2) is 79.8 Å². The van der Waals surface area contributed by atoms with Crippen molar-refractivity contribution in [1.29, 1.82) is 0 Å². The van der Waals surface area contributed by atoms with E-state index in [1.54, 1.807) is 6.07 Å². The molecule has 1 N–H and O–H groups in total. The molecule has 2 saturated heterocycles. The standard InChI is InChI=1S/C22H33N5O5S/c1-16-7-9-26(10-8-16)33(31,32)19-5-6-20(21(15-19)27(29)30)25-13-11-24(12-14-25)17(2)22(28)23-18-3-4-18/h5-6,15-18H,3-4,7-14H2,1-2H3,(H,23,28)/t17-/m1/s1. The molecule has 1 aromatic rings. The van der Waals surface area contributed by atoms with Crippen LogP contribution in [0, 0.1) is 16.0 Å². The normalized spacial score (nSPS) is 22.2. The molecule has 1 aliphatic carbocycles. The first kappa shape index (κ1) is 23.9. The number of anilines is 1. The molecule has 3 fully saturated rings. The molecule has 0 radical (unpaired) electrons. The van der Waals surface area contributed by atoms with Crippen LogP contribution in [-0.2, 0) is 14.8 Å². The number of carbonyl (C=O) groups is 1. The van der Waals surface area contributed by atoms with E-state index in [1.807, 2.05) is 11.8 Å². The van der Waals surface area contributed by atoms with Gasteiger partial charge in [-0.05, 0) is 50.7 Å². The van der Waals surface area contributed by atoms with Gasteiger partial charge in [-0.15, -0.1) is 0 Å². The van der Waals surface area contributed by atoms with Crippen LogP contribution in [0.25, 0.3) is 0 Å². The smallest absolute Gasteiger partial charge is 0.293 e. The molecule has 4 rings (SSSR count). The van der Waals surface area contributed by atoms with Crippen LogP contribution in [0.4, 0.5) is 11.4 Å². The van der Waals surface area contributed by atoms with Gasteiger partial charge in [0, 0.05) is 51.4 Å². The molecule has 0 unspecified atom stereocenters. The largest absolute Gasteiger partial charge is 0.363 e. The number of piperazine rings is 1. The predicted molar refractivity (Wildman–Crippen MR) is 125 cm³/mol. The molecule has 2 aliphatic heterocycles. The van der Waals surface area contributed by atoms with Crippen molar-refractivity contribution in [2.45, 2.75) is 56.5 Å². The van der Waals surface area contributed by atoms with E-state index in [1.165, 1.54) is 16.4 Å². The number of nitrogens with one attached hydrogen (secondary N) is 1. The van der Waals surface area contributed by atoms with E-state index in [2.05, 4.69) is 17.1 Å². The van der Waals surface area contributed by atoms with Crippen LogP contribution in [0.2, 0.25) is 0 Å². The summed E-state index contributed by atoms with van der Waals surface area (Å²) in [5.41, 5.74) is 0.218. The van der Waals surface area contributed by atoms with Crippen molar-refractivity contribution in [2.24, 2.45) is 5.92 Å². The zero-order chi connectivity index (χ0) is 23.8. The lowest BCUT2D eigenvalue weighted by Crippen LogP contribution is -2.54. The van der Waals surface area contributed by atoms with E-state index in [4.69, 9.17) is 0 Å². The van der Waals surface area contributed by atoms with Crippen LogP contribution in [0.3, 0.4) is 0 Å². The summed E-state index contributed by atoms with van der Waals surface area (Å²) in [7, 11) is -3.77. The zero-order valence-electron chi connectivity index (χ0n) is 19.3. The van der Waals surface area contributed by atoms with Gasteiger partial charge in [0.25, 0.3) is 5.69 Å². The number of carbonyl (C=O) groups excluding carboxylic acids is 1. The molecular formula is C22H33N5O5S. The lowest BCUT2D eigenvalue weighted by atomic mass is 10.0. The fourth-order valence-electron chi connectivity index (χ4n) is 4.52. The van der Waals surface area contributed by atoms with Gasteiger partial charge in [-0.25, -0.2) is 8.42 Å². The third-order valence-corrected chi connectivity index (χ3v) is 8.92. The summed E-state index contributed by atoms with van der Waals surface area (Å²) in [6.07, 6.45) is 3.67. The monoisotopic (exact) mass is 479 g/mol. The number of nitrogens with zero attached hydrogens (tertiary/aromatic N) is 4. The van der Waals surface area contributed by atoms with Gasteiger partial charge in [0.15, 0.2) is 0 Å². The van der Waals surface area contributed by atoms with Gasteiger partial charge >= 0.3 is 0 Å². The minimum Gasteiger partial charge on any atom is -0.363 e. The molecular weight excluding hydrogens is 446 g/mol. The van der Waals surface area contributed by atoms with Crippen LogP contribution in [0.15, 0.2) is 23.1 Å². The summed E-state index contributed by atoms with van der Waals surface area (Å²) in [6, 6.07) is 4.29. The second-order valence-corrected chi connectivity index (χ2v) is 11.4. The maximum atomic E-state index is 13.1. The molecule has 2 heterocycles. The number of hydrogen-bond acceptors (Lipinski definition) is 7. The number of nitro benzene ring substituents is 1. The highest BCUT2D eigenvalue weighted by atomic mass is 32.2. The van der Waals surface area contributed by atoms with Crippen molar-refractivity contribution in [3.8, 4) is 0 Å². The van der Waals surface area contributed by atoms with E-state index in [0.717, 1.165) is 25.7 Å². The van der Waals surface area contributed by atoms with Gasteiger partial charge in [0.1, 0.15) is 5.69 Å². The highest BCUT2D eigenvalue weighted by Crippen LogP contribution is 2.33. The zero-order valence-corrected chi connectivity index (χ0v) is 20.1. The van der Waals surface area contributed by atoms with Gasteiger partial charge in [-0.3, -0.25) is 19.8 Å². The number of rotatable bonds is 7. The summed E-state index contributed by atoms with van der Waals surface area (Å²) in [5.74, 6) is 0.507. The lowest BCUT2D eigenvalue weighted by Gasteiger charge is -2.38. The van der Waals surface area contributed by atoms with Gasteiger partial charge in [0.2, 0.25) is 15.9 Å². The van der Waals surface area contributed by atoms with Gasteiger partial charge < -0.3 is 10.2 Å². The number of nitro groups is 1. The first-order chi connectivity index (χ1) is 15.7. The molecule has 182 valence electrons. The Hall–Kier alpha value is -2.24. The molecule has 1 saturated carbocycles. The quantitative estimate of drug-likeness (QED) is 0.468. The van der Waals surface area contributed by atoms with E-state index >= 15 is 0 Å².